The minimum absolute atomic E-state index is 0.0202. The second-order valence-corrected chi connectivity index (χ2v) is 4.14. The number of benzene rings is 1. The third kappa shape index (κ3) is 5.09. The first-order chi connectivity index (χ1) is 9.04. The number of hydrogen-bond donors (Lipinski definition) is 2. The number of Topliss-reactive ketones (excluding diaryl/α,β-unsaturated/α-hetero) is 1. The molecule has 0 fully saturated rings. The minimum Gasteiger partial charge on any atom is -0.494 e. The van der Waals surface area contributed by atoms with E-state index in [1.165, 1.54) is 0 Å². The number of rotatable bonds is 8. The van der Waals surface area contributed by atoms with Crippen LogP contribution in [0.2, 0.25) is 0 Å². The Morgan fingerprint density at radius 2 is 1.95 bits per heavy atom. The third-order valence-corrected chi connectivity index (χ3v) is 2.66. The Kier molecular flexibility index (Phi) is 6.02. The van der Waals surface area contributed by atoms with Crippen LogP contribution in [-0.2, 0) is 4.79 Å². The van der Waals surface area contributed by atoms with E-state index in [1.807, 2.05) is 6.92 Å². The van der Waals surface area contributed by atoms with Gasteiger partial charge >= 0.3 is 5.97 Å². The molecule has 5 heteroatoms. The lowest BCUT2D eigenvalue weighted by molar-refractivity contribution is -0.138. The monoisotopic (exact) mass is 265 g/mol. The standard InChI is InChI=1S/C14H19NO4/c1-3-19-12-6-4-11(5-7-12)13(16)8-9-15-10(2)14(17)18/h4-7,10,15H,3,8-9H2,1-2H3,(H,17,18)/t10-/m1/s1. The Morgan fingerprint density at radius 1 is 1.32 bits per heavy atom. The van der Waals surface area contributed by atoms with E-state index in [9.17, 15) is 9.59 Å². The van der Waals surface area contributed by atoms with Crippen LogP contribution in [0.3, 0.4) is 0 Å². The predicted octanol–water partition coefficient (Wildman–Crippen LogP) is 1.72. The molecule has 0 bridgehead atoms. The average Bonchev–Trinajstić information content (AvgIpc) is 2.39. The molecule has 19 heavy (non-hydrogen) atoms. The lowest BCUT2D eigenvalue weighted by atomic mass is 10.1. The van der Waals surface area contributed by atoms with Gasteiger partial charge in [-0.2, -0.15) is 0 Å². The topological polar surface area (TPSA) is 75.6 Å². The van der Waals surface area contributed by atoms with Gasteiger partial charge in [-0.15, -0.1) is 0 Å². The van der Waals surface area contributed by atoms with Gasteiger partial charge in [0.1, 0.15) is 11.8 Å². The summed E-state index contributed by atoms with van der Waals surface area (Å²) in [7, 11) is 0. The van der Waals surface area contributed by atoms with Crippen molar-refractivity contribution in [2.45, 2.75) is 26.3 Å². The number of aliphatic carboxylic acids is 1. The first kappa shape index (κ1) is 15.2. The summed E-state index contributed by atoms with van der Waals surface area (Å²) in [6.07, 6.45) is 0.269. The molecular formula is C14H19NO4. The number of carboxylic acid groups (broad SMARTS) is 1. The molecule has 0 heterocycles. The van der Waals surface area contributed by atoms with Crippen molar-refractivity contribution in [3.8, 4) is 5.75 Å². The van der Waals surface area contributed by atoms with Crippen LogP contribution in [0.5, 0.6) is 5.75 Å². The fourth-order valence-corrected chi connectivity index (χ4v) is 1.54. The number of hydrogen-bond acceptors (Lipinski definition) is 4. The second kappa shape index (κ2) is 7.53. The van der Waals surface area contributed by atoms with Gasteiger partial charge in [-0.1, -0.05) is 0 Å². The van der Waals surface area contributed by atoms with E-state index in [1.54, 1.807) is 31.2 Å². The van der Waals surface area contributed by atoms with Crippen molar-refractivity contribution in [1.29, 1.82) is 0 Å². The molecule has 0 unspecified atom stereocenters. The lowest BCUT2D eigenvalue weighted by Crippen LogP contribution is -2.35. The highest BCUT2D eigenvalue weighted by atomic mass is 16.5. The van der Waals surface area contributed by atoms with Crippen LogP contribution in [0, 0.1) is 0 Å². The molecule has 104 valence electrons. The van der Waals surface area contributed by atoms with Crippen LogP contribution in [0.15, 0.2) is 24.3 Å². The minimum atomic E-state index is -0.923. The van der Waals surface area contributed by atoms with Crippen molar-refractivity contribution in [2.75, 3.05) is 13.2 Å². The maximum atomic E-state index is 11.8. The summed E-state index contributed by atoms with van der Waals surface area (Å²) in [4.78, 5) is 22.4. The van der Waals surface area contributed by atoms with E-state index < -0.39 is 12.0 Å². The van der Waals surface area contributed by atoms with E-state index in [0.717, 1.165) is 5.75 Å². The maximum absolute atomic E-state index is 11.8. The molecule has 0 amide bonds. The number of carbonyl (C=O) groups is 2. The molecule has 0 aliphatic heterocycles. The quantitative estimate of drug-likeness (QED) is 0.700. The Hall–Kier alpha value is -1.88. The Balaban J connectivity index is 2.43. The number of nitrogens with one attached hydrogen (secondary N) is 1. The molecule has 0 saturated heterocycles. The summed E-state index contributed by atoms with van der Waals surface area (Å²) in [5.41, 5.74) is 0.605. The number of carboxylic acids is 1. The molecule has 1 rings (SSSR count). The summed E-state index contributed by atoms with van der Waals surface area (Å²) in [6, 6.07) is 6.30. The summed E-state index contributed by atoms with van der Waals surface area (Å²) in [5, 5.41) is 11.5. The summed E-state index contributed by atoms with van der Waals surface area (Å²) in [5.74, 6) is -0.210. The van der Waals surface area contributed by atoms with Crippen LogP contribution in [0.4, 0.5) is 0 Å². The van der Waals surface area contributed by atoms with E-state index in [-0.39, 0.29) is 12.2 Å². The Bertz CT molecular complexity index is 428. The molecule has 2 N–H and O–H groups in total. The number of ketones is 1. The molecule has 5 nitrogen and oxygen atoms in total. The van der Waals surface area contributed by atoms with Gasteiger partial charge in [0, 0.05) is 18.5 Å². The molecule has 0 spiro atoms. The van der Waals surface area contributed by atoms with Crippen molar-refractivity contribution >= 4 is 11.8 Å². The van der Waals surface area contributed by atoms with Crippen LogP contribution >= 0.6 is 0 Å². The van der Waals surface area contributed by atoms with Gasteiger partial charge in [0.25, 0.3) is 0 Å². The van der Waals surface area contributed by atoms with Gasteiger partial charge in [-0.05, 0) is 38.1 Å². The predicted molar refractivity (Wildman–Crippen MR) is 71.7 cm³/mol. The fraction of sp³-hybridized carbons (Fsp3) is 0.429. The first-order valence-electron chi connectivity index (χ1n) is 6.26. The highest BCUT2D eigenvalue weighted by Gasteiger charge is 2.11. The average molecular weight is 265 g/mol. The van der Waals surface area contributed by atoms with Crippen molar-refractivity contribution in [3.05, 3.63) is 29.8 Å². The summed E-state index contributed by atoms with van der Waals surface area (Å²) < 4.78 is 5.29. The van der Waals surface area contributed by atoms with Crippen LogP contribution < -0.4 is 10.1 Å². The maximum Gasteiger partial charge on any atom is 0.320 e. The van der Waals surface area contributed by atoms with E-state index in [4.69, 9.17) is 9.84 Å². The molecule has 0 aliphatic carbocycles. The summed E-state index contributed by atoms with van der Waals surface area (Å²) in [6.45, 7) is 4.38. The van der Waals surface area contributed by atoms with Gasteiger partial charge in [-0.3, -0.25) is 9.59 Å². The van der Waals surface area contributed by atoms with E-state index in [0.29, 0.717) is 18.7 Å². The molecule has 1 aromatic rings. The number of ether oxygens (including phenoxy) is 1. The third-order valence-electron chi connectivity index (χ3n) is 2.66. The lowest BCUT2D eigenvalue weighted by Gasteiger charge is -2.08. The molecule has 1 atom stereocenters. The normalized spacial score (nSPS) is 11.9. The molecule has 1 aromatic carbocycles. The molecule has 0 aromatic heterocycles. The van der Waals surface area contributed by atoms with Gasteiger partial charge < -0.3 is 15.2 Å². The summed E-state index contributed by atoms with van der Waals surface area (Å²) >= 11 is 0. The smallest absolute Gasteiger partial charge is 0.320 e. The van der Waals surface area contributed by atoms with Crippen molar-refractivity contribution in [1.82, 2.24) is 5.32 Å². The van der Waals surface area contributed by atoms with E-state index >= 15 is 0 Å². The van der Waals surface area contributed by atoms with Crippen LogP contribution in [0.25, 0.3) is 0 Å². The van der Waals surface area contributed by atoms with Crippen molar-refractivity contribution < 1.29 is 19.4 Å². The van der Waals surface area contributed by atoms with Gasteiger partial charge in [0.2, 0.25) is 0 Å². The van der Waals surface area contributed by atoms with Crippen LogP contribution in [-0.4, -0.2) is 36.1 Å². The van der Waals surface area contributed by atoms with Crippen molar-refractivity contribution in [2.24, 2.45) is 0 Å². The number of carbonyl (C=O) groups excluding carboxylic acids is 1. The highest BCUT2D eigenvalue weighted by molar-refractivity contribution is 5.96. The van der Waals surface area contributed by atoms with Gasteiger partial charge in [0.15, 0.2) is 5.78 Å². The molecule has 0 aliphatic rings. The zero-order valence-corrected chi connectivity index (χ0v) is 11.2. The first-order valence-corrected chi connectivity index (χ1v) is 6.26. The van der Waals surface area contributed by atoms with E-state index in [2.05, 4.69) is 5.32 Å². The van der Waals surface area contributed by atoms with Crippen LogP contribution in [0.1, 0.15) is 30.6 Å². The Labute approximate surface area is 112 Å². The fourth-order valence-electron chi connectivity index (χ4n) is 1.54. The SMILES string of the molecule is CCOc1ccc(C(=O)CCN[C@H](C)C(=O)O)cc1. The largest absolute Gasteiger partial charge is 0.494 e. The second-order valence-electron chi connectivity index (χ2n) is 4.14. The highest BCUT2D eigenvalue weighted by Crippen LogP contribution is 2.13. The molecule has 0 saturated carbocycles. The van der Waals surface area contributed by atoms with Gasteiger partial charge in [-0.25, -0.2) is 0 Å². The van der Waals surface area contributed by atoms with Gasteiger partial charge in [0.05, 0.1) is 6.61 Å². The zero-order chi connectivity index (χ0) is 14.3. The van der Waals surface area contributed by atoms with Crippen molar-refractivity contribution in [3.63, 3.8) is 0 Å². The molecule has 0 radical (unpaired) electrons. The zero-order valence-electron chi connectivity index (χ0n) is 11.2. The molecular weight excluding hydrogens is 246 g/mol. The Morgan fingerprint density at radius 3 is 2.47 bits per heavy atom.